The van der Waals surface area contributed by atoms with Gasteiger partial charge in [-0.25, -0.2) is 0 Å². The van der Waals surface area contributed by atoms with Crippen molar-refractivity contribution >= 4 is 0 Å². The Kier molecular flexibility index (Phi) is 4.02. The number of rotatable bonds is 5. The van der Waals surface area contributed by atoms with Crippen LogP contribution in [0.2, 0.25) is 0 Å². The van der Waals surface area contributed by atoms with E-state index < -0.39 is 0 Å². The van der Waals surface area contributed by atoms with Crippen molar-refractivity contribution in [2.24, 2.45) is 17.6 Å². The van der Waals surface area contributed by atoms with Crippen LogP contribution in [0.1, 0.15) is 25.0 Å². The van der Waals surface area contributed by atoms with Gasteiger partial charge in [0.25, 0.3) is 0 Å². The van der Waals surface area contributed by atoms with Crippen LogP contribution in [0, 0.1) is 11.8 Å². The topological polar surface area (TPSA) is 42.4 Å². The molecule has 1 saturated carbocycles. The molecular weight excluding hydrogens is 200 g/mol. The maximum Gasteiger partial charge on any atom is 0.117 e. The van der Waals surface area contributed by atoms with Gasteiger partial charge in [0.15, 0.2) is 0 Å². The molecule has 90 valence electrons. The third-order valence-electron chi connectivity index (χ3n) is 3.67. The van der Waals surface area contributed by atoms with Crippen molar-refractivity contribution < 1.29 is 4.42 Å². The average molecular weight is 222 g/mol. The number of hydrogen-bond donors (Lipinski definition) is 1. The second kappa shape index (κ2) is 5.51. The van der Waals surface area contributed by atoms with Gasteiger partial charge in [0, 0.05) is 6.54 Å². The second-order valence-electron chi connectivity index (χ2n) is 4.96. The van der Waals surface area contributed by atoms with Crippen molar-refractivity contribution in [3.63, 3.8) is 0 Å². The normalized spacial score (nSPS) is 25.4. The molecule has 0 amide bonds. The Bertz CT molecular complexity index is 297. The fourth-order valence-electron chi connectivity index (χ4n) is 2.80. The van der Waals surface area contributed by atoms with Crippen LogP contribution in [0.3, 0.4) is 0 Å². The summed E-state index contributed by atoms with van der Waals surface area (Å²) in [5.74, 6) is 2.56. The summed E-state index contributed by atoms with van der Waals surface area (Å²) in [7, 11) is 2.16. The molecule has 0 aliphatic heterocycles. The highest BCUT2D eigenvalue weighted by Gasteiger charge is 2.26. The molecule has 0 aromatic carbocycles. The number of hydrogen-bond acceptors (Lipinski definition) is 3. The summed E-state index contributed by atoms with van der Waals surface area (Å²) in [5, 5.41) is 0. The molecule has 2 N–H and O–H groups in total. The molecular formula is C13H22N2O. The molecule has 1 aliphatic rings. The lowest BCUT2D eigenvalue weighted by molar-refractivity contribution is 0.223. The molecule has 0 saturated heterocycles. The molecule has 2 unspecified atom stereocenters. The molecule has 0 bridgehead atoms. The molecule has 1 heterocycles. The van der Waals surface area contributed by atoms with Gasteiger partial charge in [0.05, 0.1) is 12.8 Å². The lowest BCUT2D eigenvalue weighted by Gasteiger charge is -2.24. The first-order chi connectivity index (χ1) is 7.79. The van der Waals surface area contributed by atoms with Gasteiger partial charge in [0.2, 0.25) is 0 Å². The lowest BCUT2D eigenvalue weighted by atomic mass is 9.96. The Balaban J connectivity index is 1.80. The van der Waals surface area contributed by atoms with Crippen molar-refractivity contribution in [1.29, 1.82) is 0 Å². The van der Waals surface area contributed by atoms with Crippen molar-refractivity contribution in [2.75, 3.05) is 20.1 Å². The van der Waals surface area contributed by atoms with E-state index in [0.29, 0.717) is 0 Å². The van der Waals surface area contributed by atoms with Gasteiger partial charge >= 0.3 is 0 Å². The summed E-state index contributed by atoms with van der Waals surface area (Å²) in [6.07, 6.45) is 5.74. The molecule has 2 rings (SSSR count). The van der Waals surface area contributed by atoms with Gasteiger partial charge in [-0.3, -0.25) is 4.90 Å². The van der Waals surface area contributed by atoms with Crippen LogP contribution in [0.4, 0.5) is 0 Å². The maximum atomic E-state index is 5.80. The van der Waals surface area contributed by atoms with Gasteiger partial charge in [-0.1, -0.05) is 6.42 Å². The zero-order valence-corrected chi connectivity index (χ0v) is 10.1. The summed E-state index contributed by atoms with van der Waals surface area (Å²) >= 11 is 0. The standard InChI is InChI=1S/C13H22N2O/c1-15(10-13-6-3-7-16-13)9-12-5-2-4-11(12)8-14/h3,6-7,11-12H,2,4-5,8-10,14H2,1H3. The van der Waals surface area contributed by atoms with E-state index in [1.54, 1.807) is 6.26 Å². The molecule has 3 nitrogen and oxygen atoms in total. The minimum Gasteiger partial charge on any atom is -0.468 e. The minimum atomic E-state index is 0.735. The molecule has 1 aromatic rings. The molecule has 0 spiro atoms. The van der Waals surface area contributed by atoms with E-state index in [1.807, 2.05) is 12.1 Å². The van der Waals surface area contributed by atoms with E-state index in [2.05, 4.69) is 11.9 Å². The van der Waals surface area contributed by atoms with E-state index >= 15 is 0 Å². The molecule has 1 fully saturated rings. The SMILES string of the molecule is CN(Cc1ccco1)CC1CCCC1CN. The number of nitrogens with two attached hydrogens (primary N) is 1. The zero-order valence-electron chi connectivity index (χ0n) is 10.1. The van der Waals surface area contributed by atoms with Crippen molar-refractivity contribution in [2.45, 2.75) is 25.8 Å². The Hall–Kier alpha value is -0.800. The average Bonchev–Trinajstić information content (AvgIpc) is 2.88. The quantitative estimate of drug-likeness (QED) is 0.829. The highest BCUT2D eigenvalue weighted by Crippen LogP contribution is 2.31. The summed E-state index contributed by atoms with van der Waals surface area (Å²) in [4.78, 5) is 2.34. The van der Waals surface area contributed by atoms with Gasteiger partial charge in [0.1, 0.15) is 5.76 Å². The summed E-state index contributed by atoms with van der Waals surface area (Å²) in [5.41, 5.74) is 5.80. The van der Waals surface area contributed by atoms with E-state index in [9.17, 15) is 0 Å². The summed E-state index contributed by atoms with van der Waals surface area (Å²) in [6, 6.07) is 3.98. The van der Waals surface area contributed by atoms with E-state index in [1.165, 1.54) is 19.3 Å². The largest absolute Gasteiger partial charge is 0.468 e. The van der Waals surface area contributed by atoms with Gasteiger partial charge in [-0.2, -0.15) is 0 Å². The Morgan fingerprint density at radius 2 is 2.25 bits per heavy atom. The van der Waals surface area contributed by atoms with E-state index in [-0.39, 0.29) is 0 Å². The molecule has 16 heavy (non-hydrogen) atoms. The highest BCUT2D eigenvalue weighted by molar-refractivity contribution is 4.97. The predicted octanol–water partition coefficient (Wildman–Crippen LogP) is 2.09. The maximum absolute atomic E-state index is 5.80. The minimum absolute atomic E-state index is 0.735. The Morgan fingerprint density at radius 1 is 1.44 bits per heavy atom. The predicted molar refractivity (Wildman–Crippen MR) is 64.9 cm³/mol. The monoisotopic (exact) mass is 222 g/mol. The molecule has 1 aromatic heterocycles. The van der Waals surface area contributed by atoms with Crippen LogP contribution in [0.5, 0.6) is 0 Å². The van der Waals surface area contributed by atoms with Crippen LogP contribution in [-0.2, 0) is 6.54 Å². The second-order valence-corrected chi connectivity index (χ2v) is 4.96. The van der Waals surface area contributed by atoms with Crippen LogP contribution < -0.4 is 5.73 Å². The highest BCUT2D eigenvalue weighted by atomic mass is 16.3. The molecule has 1 aliphatic carbocycles. The van der Waals surface area contributed by atoms with Gasteiger partial charge in [-0.05, 0) is 50.4 Å². The van der Waals surface area contributed by atoms with E-state index in [4.69, 9.17) is 10.2 Å². The first-order valence-corrected chi connectivity index (χ1v) is 6.20. The molecule has 0 radical (unpaired) electrons. The first-order valence-electron chi connectivity index (χ1n) is 6.20. The number of furan rings is 1. The smallest absolute Gasteiger partial charge is 0.117 e. The summed E-state index contributed by atoms with van der Waals surface area (Å²) in [6.45, 7) is 2.89. The third kappa shape index (κ3) is 2.86. The van der Waals surface area contributed by atoms with Crippen LogP contribution >= 0.6 is 0 Å². The number of nitrogens with zero attached hydrogens (tertiary/aromatic N) is 1. The Morgan fingerprint density at radius 3 is 2.94 bits per heavy atom. The van der Waals surface area contributed by atoms with Gasteiger partial charge in [-0.15, -0.1) is 0 Å². The van der Waals surface area contributed by atoms with E-state index in [0.717, 1.165) is 37.2 Å². The molecule has 3 heteroatoms. The third-order valence-corrected chi connectivity index (χ3v) is 3.67. The lowest BCUT2D eigenvalue weighted by Crippen LogP contribution is -2.30. The fraction of sp³-hybridized carbons (Fsp3) is 0.692. The van der Waals surface area contributed by atoms with Crippen LogP contribution in [0.25, 0.3) is 0 Å². The molecule has 2 atom stereocenters. The van der Waals surface area contributed by atoms with Crippen LogP contribution in [-0.4, -0.2) is 25.0 Å². The fourth-order valence-corrected chi connectivity index (χ4v) is 2.80. The van der Waals surface area contributed by atoms with Crippen molar-refractivity contribution in [3.8, 4) is 0 Å². The van der Waals surface area contributed by atoms with Crippen molar-refractivity contribution in [1.82, 2.24) is 4.90 Å². The zero-order chi connectivity index (χ0) is 11.4. The van der Waals surface area contributed by atoms with Crippen LogP contribution in [0.15, 0.2) is 22.8 Å². The van der Waals surface area contributed by atoms with Crippen molar-refractivity contribution in [3.05, 3.63) is 24.2 Å². The Labute approximate surface area is 97.6 Å². The summed E-state index contributed by atoms with van der Waals surface area (Å²) < 4.78 is 5.36. The first kappa shape index (κ1) is 11.7. The van der Waals surface area contributed by atoms with Gasteiger partial charge < -0.3 is 10.2 Å².